The first-order valence-electron chi connectivity index (χ1n) is 6.14. The Balaban J connectivity index is 1.87. The third-order valence-electron chi connectivity index (χ3n) is 3.17. The number of ketones is 1. The molecular weight excluding hydrogens is 254 g/mol. The van der Waals surface area contributed by atoms with Gasteiger partial charge in [-0.25, -0.2) is 9.97 Å². The third-order valence-corrected chi connectivity index (χ3v) is 3.17. The number of imidazole rings is 1. The van der Waals surface area contributed by atoms with Crippen molar-refractivity contribution >= 4 is 22.5 Å². The zero-order chi connectivity index (χ0) is 13.5. The predicted molar refractivity (Wildman–Crippen MR) is 72.6 cm³/mol. The molecule has 0 aliphatic heterocycles. The lowest BCUT2D eigenvalue weighted by molar-refractivity contribution is 0.101. The number of furan rings is 1. The fourth-order valence-corrected chi connectivity index (χ4v) is 2.22. The van der Waals surface area contributed by atoms with Crippen LogP contribution in [0.4, 0.5) is 0 Å². The number of hydrogen-bond donors (Lipinski definition) is 0. The Hall–Kier alpha value is -2.95. The van der Waals surface area contributed by atoms with Crippen LogP contribution in [0.1, 0.15) is 16.2 Å². The lowest BCUT2D eigenvalue weighted by Gasteiger charge is -1.97. The highest BCUT2D eigenvalue weighted by Crippen LogP contribution is 2.21. The molecule has 3 aromatic heterocycles. The van der Waals surface area contributed by atoms with Gasteiger partial charge in [0, 0.05) is 17.8 Å². The smallest absolute Gasteiger partial charge is 0.246 e. The Morgan fingerprint density at radius 1 is 1.15 bits per heavy atom. The van der Waals surface area contributed by atoms with Gasteiger partial charge in [0.2, 0.25) is 11.6 Å². The van der Waals surface area contributed by atoms with Gasteiger partial charge in [-0.1, -0.05) is 18.2 Å². The monoisotopic (exact) mass is 263 g/mol. The van der Waals surface area contributed by atoms with Gasteiger partial charge in [-0.2, -0.15) is 0 Å². The second-order valence-electron chi connectivity index (χ2n) is 4.41. The number of rotatable bonds is 2. The van der Waals surface area contributed by atoms with Crippen LogP contribution in [0.2, 0.25) is 0 Å². The first-order valence-corrected chi connectivity index (χ1v) is 6.14. The van der Waals surface area contributed by atoms with E-state index in [1.165, 1.54) is 6.20 Å². The van der Waals surface area contributed by atoms with Crippen LogP contribution in [-0.4, -0.2) is 20.2 Å². The highest BCUT2D eigenvalue weighted by Gasteiger charge is 2.18. The Bertz CT molecular complexity index is 903. The summed E-state index contributed by atoms with van der Waals surface area (Å²) in [4.78, 5) is 20.7. The Morgan fingerprint density at radius 3 is 2.95 bits per heavy atom. The number of para-hydroxylation sites is 1. The van der Waals surface area contributed by atoms with Crippen molar-refractivity contribution in [3.8, 4) is 0 Å². The van der Waals surface area contributed by atoms with Gasteiger partial charge in [0.15, 0.2) is 5.76 Å². The number of fused-ring (bicyclic) bond motifs is 2. The van der Waals surface area contributed by atoms with Crippen molar-refractivity contribution in [3.05, 3.63) is 66.4 Å². The molecule has 5 heteroatoms. The second-order valence-corrected chi connectivity index (χ2v) is 4.41. The normalized spacial score (nSPS) is 11.2. The highest BCUT2D eigenvalue weighted by molar-refractivity contribution is 6.08. The first kappa shape index (κ1) is 10.9. The molecule has 0 atom stereocenters. The fraction of sp³-hybridized carbons (Fsp3) is 0. The minimum Gasteiger partial charge on any atom is -0.453 e. The maximum Gasteiger partial charge on any atom is 0.246 e. The van der Waals surface area contributed by atoms with Crippen molar-refractivity contribution in [1.82, 2.24) is 14.4 Å². The molecule has 0 radical (unpaired) electrons. The maximum absolute atomic E-state index is 12.5. The zero-order valence-corrected chi connectivity index (χ0v) is 10.4. The third kappa shape index (κ3) is 1.53. The molecule has 0 amide bonds. The molecule has 0 saturated heterocycles. The number of benzene rings is 1. The van der Waals surface area contributed by atoms with Gasteiger partial charge < -0.3 is 4.42 Å². The molecule has 0 fully saturated rings. The van der Waals surface area contributed by atoms with E-state index in [4.69, 9.17) is 4.42 Å². The van der Waals surface area contributed by atoms with Gasteiger partial charge in [0.25, 0.3) is 0 Å². The SMILES string of the molecule is O=C(c1cc2ccccc2o1)c1cnc2ncccn12. The van der Waals surface area contributed by atoms with E-state index in [2.05, 4.69) is 9.97 Å². The molecule has 5 nitrogen and oxygen atoms in total. The summed E-state index contributed by atoms with van der Waals surface area (Å²) in [6.07, 6.45) is 4.90. The van der Waals surface area contributed by atoms with Gasteiger partial charge in [-0.15, -0.1) is 0 Å². The van der Waals surface area contributed by atoms with Gasteiger partial charge in [0.1, 0.15) is 11.3 Å². The molecule has 0 unspecified atom stereocenters. The molecule has 3 heterocycles. The van der Waals surface area contributed by atoms with Crippen LogP contribution in [-0.2, 0) is 0 Å². The molecule has 20 heavy (non-hydrogen) atoms. The Labute approximate surface area is 113 Å². The van der Waals surface area contributed by atoms with Gasteiger partial charge in [-0.3, -0.25) is 9.20 Å². The molecule has 1 aromatic carbocycles. The summed E-state index contributed by atoms with van der Waals surface area (Å²) >= 11 is 0. The minimum absolute atomic E-state index is 0.207. The molecule has 0 saturated carbocycles. The van der Waals surface area contributed by atoms with E-state index >= 15 is 0 Å². The summed E-state index contributed by atoms with van der Waals surface area (Å²) in [6, 6.07) is 11.0. The summed E-state index contributed by atoms with van der Waals surface area (Å²) in [5.41, 5.74) is 1.13. The van der Waals surface area contributed by atoms with Crippen LogP contribution in [0, 0.1) is 0 Å². The highest BCUT2D eigenvalue weighted by atomic mass is 16.3. The van der Waals surface area contributed by atoms with Crippen LogP contribution in [0.15, 0.2) is 59.4 Å². The second kappa shape index (κ2) is 4.03. The Morgan fingerprint density at radius 2 is 2.05 bits per heavy atom. The van der Waals surface area contributed by atoms with Crippen molar-refractivity contribution in [2.75, 3.05) is 0 Å². The summed E-state index contributed by atoms with van der Waals surface area (Å²) < 4.78 is 7.24. The summed E-state index contributed by atoms with van der Waals surface area (Å²) in [5.74, 6) is 0.588. The number of hydrogen-bond acceptors (Lipinski definition) is 4. The molecule has 0 aliphatic carbocycles. The average Bonchev–Trinajstić information content (AvgIpc) is 3.10. The van der Waals surface area contributed by atoms with Crippen LogP contribution < -0.4 is 0 Å². The van der Waals surface area contributed by atoms with Crippen molar-refractivity contribution in [1.29, 1.82) is 0 Å². The molecule has 0 aliphatic rings. The number of nitrogens with zero attached hydrogens (tertiary/aromatic N) is 3. The molecule has 0 N–H and O–H groups in total. The number of carbonyl (C=O) groups is 1. The van der Waals surface area contributed by atoms with Crippen molar-refractivity contribution < 1.29 is 9.21 Å². The van der Waals surface area contributed by atoms with Crippen LogP contribution in [0.25, 0.3) is 16.7 Å². The van der Waals surface area contributed by atoms with Crippen molar-refractivity contribution in [3.63, 3.8) is 0 Å². The Kier molecular flexibility index (Phi) is 2.20. The van der Waals surface area contributed by atoms with E-state index in [1.807, 2.05) is 24.3 Å². The van der Waals surface area contributed by atoms with Crippen LogP contribution in [0.5, 0.6) is 0 Å². The minimum atomic E-state index is -0.207. The maximum atomic E-state index is 12.5. The first-order chi connectivity index (χ1) is 9.83. The summed E-state index contributed by atoms with van der Waals surface area (Å²) in [7, 11) is 0. The summed E-state index contributed by atoms with van der Waals surface area (Å²) in [6.45, 7) is 0. The van der Waals surface area contributed by atoms with E-state index in [0.29, 0.717) is 22.8 Å². The van der Waals surface area contributed by atoms with Gasteiger partial charge in [-0.05, 0) is 18.2 Å². The largest absolute Gasteiger partial charge is 0.453 e. The lowest BCUT2D eigenvalue weighted by Crippen LogP contribution is -2.04. The zero-order valence-electron chi connectivity index (χ0n) is 10.4. The number of carbonyl (C=O) groups excluding carboxylic acids is 1. The topological polar surface area (TPSA) is 60.4 Å². The van der Waals surface area contributed by atoms with E-state index in [0.717, 1.165) is 5.39 Å². The van der Waals surface area contributed by atoms with Gasteiger partial charge in [0.05, 0.1) is 6.20 Å². The van der Waals surface area contributed by atoms with E-state index in [1.54, 1.807) is 28.9 Å². The average molecular weight is 263 g/mol. The van der Waals surface area contributed by atoms with Crippen LogP contribution >= 0.6 is 0 Å². The predicted octanol–water partition coefficient (Wildman–Crippen LogP) is 2.71. The quantitative estimate of drug-likeness (QED) is 0.522. The molecule has 0 bridgehead atoms. The lowest BCUT2D eigenvalue weighted by atomic mass is 10.2. The standard InChI is InChI=1S/C15H9N3O2/c19-14(11-9-17-15-16-6-3-7-18(11)15)13-8-10-4-1-2-5-12(10)20-13/h1-9H. The van der Waals surface area contributed by atoms with Crippen molar-refractivity contribution in [2.24, 2.45) is 0 Å². The number of aromatic nitrogens is 3. The molecule has 4 aromatic rings. The van der Waals surface area contributed by atoms with E-state index in [-0.39, 0.29) is 5.78 Å². The molecule has 96 valence electrons. The molecule has 4 rings (SSSR count). The van der Waals surface area contributed by atoms with Crippen LogP contribution in [0.3, 0.4) is 0 Å². The van der Waals surface area contributed by atoms with E-state index < -0.39 is 0 Å². The van der Waals surface area contributed by atoms with Crippen molar-refractivity contribution in [2.45, 2.75) is 0 Å². The molecule has 0 spiro atoms. The van der Waals surface area contributed by atoms with Gasteiger partial charge >= 0.3 is 0 Å². The summed E-state index contributed by atoms with van der Waals surface area (Å²) in [5, 5.41) is 0.905. The fourth-order valence-electron chi connectivity index (χ4n) is 2.22. The van der Waals surface area contributed by atoms with E-state index in [9.17, 15) is 4.79 Å². The molecular formula is C15H9N3O2.